The molecule has 0 fully saturated rings. The monoisotopic (exact) mass is 222 g/mol. The molecule has 1 unspecified atom stereocenters. The Bertz CT molecular complexity index is 275. The fourth-order valence-electron chi connectivity index (χ4n) is 1.63. The van der Waals surface area contributed by atoms with Crippen LogP contribution in [0.1, 0.15) is 5.56 Å². The van der Waals surface area contributed by atoms with E-state index < -0.39 is 0 Å². The van der Waals surface area contributed by atoms with Gasteiger partial charge in [-0.15, -0.1) is 0 Å². The molecule has 0 amide bonds. The molecule has 1 aromatic rings. The number of nitrogens with one attached hydrogen (secondary N) is 1. The zero-order valence-corrected chi connectivity index (χ0v) is 10.2. The summed E-state index contributed by atoms with van der Waals surface area (Å²) in [6, 6.07) is 10.4. The van der Waals surface area contributed by atoms with Crippen molar-refractivity contribution in [2.75, 3.05) is 33.7 Å². The molecule has 2 N–H and O–H groups in total. The smallest absolute Gasteiger partial charge is 0.0791 e. The minimum atomic E-state index is -0.286. The lowest BCUT2D eigenvalue weighted by molar-refractivity contribution is 0.135. The Labute approximate surface area is 98.1 Å². The molecule has 1 aromatic carbocycles. The molecule has 1 atom stereocenters. The number of rotatable bonds is 7. The molecule has 0 saturated carbocycles. The van der Waals surface area contributed by atoms with E-state index in [1.807, 2.05) is 25.1 Å². The first-order valence-electron chi connectivity index (χ1n) is 5.76. The summed E-state index contributed by atoms with van der Waals surface area (Å²) < 4.78 is 0. The summed E-state index contributed by atoms with van der Waals surface area (Å²) >= 11 is 0. The lowest BCUT2D eigenvalue weighted by atomic mass is 10.1. The maximum absolute atomic E-state index is 9.61. The molecule has 3 nitrogen and oxygen atoms in total. The van der Waals surface area contributed by atoms with Gasteiger partial charge in [0.25, 0.3) is 0 Å². The van der Waals surface area contributed by atoms with Crippen molar-refractivity contribution < 1.29 is 5.11 Å². The highest BCUT2D eigenvalue weighted by Gasteiger charge is 2.03. The lowest BCUT2D eigenvalue weighted by Gasteiger charge is -2.16. The second-order valence-corrected chi connectivity index (χ2v) is 4.36. The third-order valence-electron chi connectivity index (χ3n) is 2.39. The summed E-state index contributed by atoms with van der Waals surface area (Å²) in [5, 5.41) is 12.9. The van der Waals surface area contributed by atoms with Crippen LogP contribution in [0.4, 0.5) is 0 Å². The summed E-state index contributed by atoms with van der Waals surface area (Å²) in [6.45, 7) is 2.28. The number of hydrogen-bond donors (Lipinski definition) is 2. The molecule has 0 aromatic heterocycles. The second-order valence-electron chi connectivity index (χ2n) is 4.36. The second kappa shape index (κ2) is 7.39. The number of nitrogens with zero attached hydrogens (tertiary/aromatic N) is 1. The van der Waals surface area contributed by atoms with E-state index in [1.54, 1.807) is 0 Å². The topological polar surface area (TPSA) is 35.5 Å². The Hall–Kier alpha value is -0.900. The van der Waals surface area contributed by atoms with Crippen LogP contribution in [-0.2, 0) is 6.42 Å². The number of benzene rings is 1. The van der Waals surface area contributed by atoms with Gasteiger partial charge in [0.05, 0.1) is 6.10 Å². The molecule has 0 radical (unpaired) electrons. The largest absolute Gasteiger partial charge is 0.390 e. The number of aliphatic hydroxyl groups is 1. The van der Waals surface area contributed by atoms with Gasteiger partial charge in [0, 0.05) is 13.1 Å². The van der Waals surface area contributed by atoms with Crippen LogP contribution in [0.3, 0.4) is 0 Å². The summed E-state index contributed by atoms with van der Waals surface area (Å²) in [5.74, 6) is 0. The normalized spacial score (nSPS) is 13.0. The third kappa shape index (κ3) is 5.85. The van der Waals surface area contributed by atoms with Crippen molar-refractivity contribution >= 4 is 0 Å². The van der Waals surface area contributed by atoms with E-state index in [-0.39, 0.29) is 6.10 Å². The van der Waals surface area contributed by atoms with Crippen molar-refractivity contribution in [3.63, 3.8) is 0 Å². The quantitative estimate of drug-likeness (QED) is 0.668. The van der Waals surface area contributed by atoms with Gasteiger partial charge >= 0.3 is 0 Å². The predicted molar refractivity (Wildman–Crippen MR) is 67.6 cm³/mol. The predicted octanol–water partition coefficient (Wildman–Crippen LogP) is 0.741. The van der Waals surface area contributed by atoms with Crippen LogP contribution in [0.5, 0.6) is 0 Å². The Morgan fingerprint density at radius 2 is 1.94 bits per heavy atom. The van der Waals surface area contributed by atoms with Gasteiger partial charge in [-0.2, -0.15) is 0 Å². The van der Waals surface area contributed by atoms with Gasteiger partial charge in [0.1, 0.15) is 0 Å². The molecule has 0 aliphatic heterocycles. The molecule has 0 aliphatic rings. The highest BCUT2D eigenvalue weighted by molar-refractivity contribution is 5.14. The molecule has 1 rings (SSSR count). The highest BCUT2D eigenvalue weighted by atomic mass is 16.3. The third-order valence-corrected chi connectivity index (χ3v) is 2.39. The average Bonchev–Trinajstić information content (AvgIpc) is 2.25. The van der Waals surface area contributed by atoms with Crippen molar-refractivity contribution in [1.29, 1.82) is 0 Å². The van der Waals surface area contributed by atoms with Crippen LogP contribution < -0.4 is 5.32 Å². The Kier molecular flexibility index (Phi) is 6.08. The van der Waals surface area contributed by atoms with Crippen LogP contribution in [0, 0.1) is 0 Å². The van der Waals surface area contributed by atoms with Crippen molar-refractivity contribution in [3.05, 3.63) is 35.9 Å². The van der Waals surface area contributed by atoms with E-state index >= 15 is 0 Å². The minimum Gasteiger partial charge on any atom is -0.390 e. The Morgan fingerprint density at radius 3 is 2.56 bits per heavy atom. The van der Waals surface area contributed by atoms with Gasteiger partial charge < -0.3 is 15.3 Å². The first-order chi connectivity index (χ1) is 7.68. The summed E-state index contributed by atoms with van der Waals surface area (Å²) in [6.07, 6.45) is 0.723. The van der Waals surface area contributed by atoms with E-state index in [0.29, 0.717) is 13.1 Å². The molecular weight excluding hydrogens is 200 g/mol. The fraction of sp³-hybridized carbons (Fsp3) is 0.538. The lowest BCUT2D eigenvalue weighted by Crippen LogP contribution is -2.35. The van der Waals surface area contributed by atoms with Gasteiger partial charge in [-0.3, -0.25) is 0 Å². The van der Waals surface area contributed by atoms with Gasteiger partial charge in [0.2, 0.25) is 0 Å². The van der Waals surface area contributed by atoms with Crippen LogP contribution in [0.15, 0.2) is 30.3 Å². The van der Waals surface area contributed by atoms with Gasteiger partial charge in [-0.05, 0) is 32.6 Å². The molecule has 0 saturated heterocycles. The summed E-state index contributed by atoms with van der Waals surface area (Å²) in [5.41, 5.74) is 1.33. The molecule has 3 heteroatoms. The first kappa shape index (κ1) is 13.2. The van der Waals surface area contributed by atoms with Crippen molar-refractivity contribution in [2.24, 2.45) is 0 Å². The number of hydrogen-bond acceptors (Lipinski definition) is 3. The maximum atomic E-state index is 9.61. The molecular formula is C13H22N2O. The van der Waals surface area contributed by atoms with E-state index in [9.17, 15) is 5.11 Å². The molecule has 0 heterocycles. The summed E-state index contributed by atoms with van der Waals surface area (Å²) in [7, 11) is 3.93. The van der Waals surface area contributed by atoms with Crippen molar-refractivity contribution in [3.8, 4) is 0 Å². The Balaban J connectivity index is 2.08. The van der Waals surface area contributed by atoms with E-state index in [4.69, 9.17) is 0 Å². The maximum Gasteiger partial charge on any atom is 0.0791 e. The van der Waals surface area contributed by atoms with Crippen molar-refractivity contribution in [1.82, 2.24) is 10.2 Å². The average molecular weight is 222 g/mol. The standard InChI is InChI=1S/C13H22N2O/c1-15(2)11-13(16)10-14-9-8-12-6-4-3-5-7-12/h3-7,13-14,16H,8-11H2,1-2H3. The molecule has 0 spiro atoms. The van der Waals surface area contributed by atoms with Gasteiger partial charge in [-0.25, -0.2) is 0 Å². The molecule has 16 heavy (non-hydrogen) atoms. The Morgan fingerprint density at radius 1 is 1.25 bits per heavy atom. The SMILES string of the molecule is CN(C)CC(O)CNCCc1ccccc1. The minimum absolute atomic E-state index is 0.286. The van der Waals surface area contributed by atoms with Crippen LogP contribution in [0.2, 0.25) is 0 Å². The summed E-state index contributed by atoms with van der Waals surface area (Å²) in [4.78, 5) is 1.99. The van der Waals surface area contributed by atoms with Gasteiger partial charge in [-0.1, -0.05) is 30.3 Å². The molecule has 0 bridgehead atoms. The molecule has 90 valence electrons. The molecule has 0 aliphatic carbocycles. The number of aliphatic hydroxyl groups excluding tert-OH is 1. The highest BCUT2D eigenvalue weighted by Crippen LogP contribution is 1.98. The first-order valence-corrected chi connectivity index (χ1v) is 5.76. The van der Waals surface area contributed by atoms with Crippen molar-refractivity contribution in [2.45, 2.75) is 12.5 Å². The van der Waals surface area contributed by atoms with E-state index in [0.717, 1.165) is 13.0 Å². The fourth-order valence-corrected chi connectivity index (χ4v) is 1.63. The van der Waals surface area contributed by atoms with Gasteiger partial charge in [0.15, 0.2) is 0 Å². The van der Waals surface area contributed by atoms with E-state index in [2.05, 4.69) is 29.6 Å². The van der Waals surface area contributed by atoms with Crippen LogP contribution >= 0.6 is 0 Å². The van der Waals surface area contributed by atoms with E-state index in [1.165, 1.54) is 5.56 Å². The van der Waals surface area contributed by atoms with Crippen LogP contribution in [0.25, 0.3) is 0 Å². The zero-order chi connectivity index (χ0) is 11.8. The zero-order valence-electron chi connectivity index (χ0n) is 10.2. The number of likely N-dealkylation sites (N-methyl/N-ethyl adjacent to an activating group) is 1. The van der Waals surface area contributed by atoms with Crippen LogP contribution in [-0.4, -0.2) is 49.8 Å².